The number of nitrogens with zero attached hydrogens (tertiary/aromatic N) is 2. The quantitative estimate of drug-likeness (QED) is 0.672. The van der Waals surface area contributed by atoms with Crippen molar-refractivity contribution in [1.29, 1.82) is 0 Å². The number of hydrogen-bond donors (Lipinski definition) is 1. The predicted octanol–water partition coefficient (Wildman–Crippen LogP) is 3.24. The number of aromatic nitrogens is 2. The van der Waals surface area contributed by atoms with E-state index in [0.29, 0.717) is 18.0 Å². The van der Waals surface area contributed by atoms with E-state index in [2.05, 4.69) is 17.4 Å². The lowest BCUT2D eigenvalue weighted by atomic mass is 10.1. The minimum absolute atomic E-state index is 0.0607. The van der Waals surface area contributed by atoms with Crippen molar-refractivity contribution in [2.24, 2.45) is 0 Å². The van der Waals surface area contributed by atoms with Gasteiger partial charge in [0.05, 0.1) is 38.6 Å². The number of amides is 1. The number of carbonyl (C=O) groups excluding carboxylic acids is 1. The van der Waals surface area contributed by atoms with Gasteiger partial charge in [0.1, 0.15) is 11.5 Å². The Labute approximate surface area is 170 Å². The number of nitrogens with one attached hydrogen (secondary N) is 1. The van der Waals surface area contributed by atoms with Crippen molar-refractivity contribution in [2.75, 3.05) is 14.2 Å². The number of fused-ring (bicyclic) bond motifs is 1. The highest BCUT2D eigenvalue weighted by molar-refractivity contribution is 5.79. The molecule has 1 aliphatic rings. The summed E-state index contributed by atoms with van der Waals surface area (Å²) in [6.07, 6.45) is 3.41. The summed E-state index contributed by atoms with van der Waals surface area (Å²) in [5.41, 5.74) is 5.38. The molecule has 4 rings (SSSR count). The molecule has 1 aliphatic carbocycles. The first-order valence-corrected chi connectivity index (χ1v) is 9.82. The highest BCUT2D eigenvalue weighted by atomic mass is 16.5. The van der Waals surface area contributed by atoms with E-state index in [1.165, 1.54) is 11.3 Å². The van der Waals surface area contributed by atoms with Gasteiger partial charge in [-0.2, -0.15) is 5.10 Å². The van der Waals surface area contributed by atoms with Gasteiger partial charge < -0.3 is 14.8 Å². The van der Waals surface area contributed by atoms with Crippen molar-refractivity contribution in [3.63, 3.8) is 0 Å². The van der Waals surface area contributed by atoms with Gasteiger partial charge in [0.2, 0.25) is 5.91 Å². The number of benzene rings is 2. The third-order valence-electron chi connectivity index (χ3n) is 5.31. The van der Waals surface area contributed by atoms with Gasteiger partial charge in [0, 0.05) is 17.3 Å². The molecule has 1 N–H and O–H groups in total. The molecule has 0 fully saturated rings. The van der Waals surface area contributed by atoms with Crippen LogP contribution >= 0.6 is 0 Å². The fraction of sp³-hybridized carbons (Fsp3) is 0.304. The molecular weight excluding hydrogens is 366 g/mol. The minimum Gasteiger partial charge on any atom is -0.497 e. The first-order valence-electron chi connectivity index (χ1n) is 9.82. The molecule has 0 unspecified atom stereocenters. The van der Waals surface area contributed by atoms with Crippen LogP contribution in [0.3, 0.4) is 0 Å². The molecule has 1 heterocycles. The van der Waals surface area contributed by atoms with E-state index < -0.39 is 0 Å². The number of carbonyl (C=O) groups is 1. The van der Waals surface area contributed by atoms with Crippen LogP contribution in [-0.2, 0) is 30.6 Å². The van der Waals surface area contributed by atoms with Crippen LogP contribution in [0, 0.1) is 0 Å². The fourth-order valence-corrected chi connectivity index (χ4v) is 3.85. The van der Waals surface area contributed by atoms with Gasteiger partial charge in [-0.1, -0.05) is 24.3 Å². The van der Waals surface area contributed by atoms with Crippen molar-refractivity contribution < 1.29 is 14.3 Å². The smallest absolute Gasteiger partial charge is 0.224 e. The number of methoxy groups -OCH3 is 2. The number of para-hydroxylation sites is 1. The maximum atomic E-state index is 12.6. The van der Waals surface area contributed by atoms with Gasteiger partial charge in [-0.25, -0.2) is 4.68 Å². The van der Waals surface area contributed by atoms with Crippen LogP contribution in [0.2, 0.25) is 0 Å². The average Bonchev–Trinajstić information content (AvgIpc) is 3.36. The molecular formula is C23H25N3O3. The molecule has 0 saturated heterocycles. The van der Waals surface area contributed by atoms with E-state index in [9.17, 15) is 4.79 Å². The Kier molecular flexibility index (Phi) is 5.51. The zero-order chi connectivity index (χ0) is 20.2. The Balaban J connectivity index is 1.47. The van der Waals surface area contributed by atoms with Crippen LogP contribution in [0.4, 0.5) is 0 Å². The lowest BCUT2D eigenvalue weighted by Gasteiger charge is -2.10. The zero-order valence-corrected chi connectivity index (χ0v) is 16.8. The molecule has 0 bridgehead atoms. The Morgan fingerprint density at radius 3 is 2.69 bits per heavy atom. The highest BCUT2D eigenvalue weighted by Gasteiger charge is 2.23. The molecule has 0 atom stereocenters. The Morgan fingerprint density at radius 1 is 1.10 bits per heavy atom. The molecule has 3 aromatic rings. The molecule has 0 saturated carbocycles. The van der Waals surface area contributed by atoms with Crippen LogP contribution < -0.4 is 14.8 Å². The topological polar surface area (TPSA) is 65.4 Å². The summed E-state index contributed by atoms with van der Waals surface area (Å²) in [6.45, 7) is 0.430. The SMILES string of the molecule is COc1ccc(CC(=O)NCc2nn(-c3ccccc3)c3c2CCC3)c(OC)c1. The van der Waals surface area contributed by atoms with Gasteiger partial charge in [-0.15, -0.1) is 0 Å². The second-order valence-corrected chi connectivity index (χ2v) is 7.10. The first kappa shape index (κ1) is 19.1. The monoisotopic (exact) mass is 391 g/mol. The van der Waals surface area contributed by atoms with E-state index in [0.717, 1.165) is 36.2 Å². The van der Waals surface area contributed by atoms with E-state index in [4.69, 9.17) is 14.6 Å². The van der Waals surface area contributed by atoms with Crippen molar-refractivity contribution in [2.45, 2.75) is 32.2 Å². The normalized spacial score (nSPS) is 12.5. The zero-order valence-electron chi connectivity index (χ0n) is 16.8. The summed E-state index contributed by atoms with van der Waals surface area (Å²) < 4.78 is 12.6. The Bertz CT molecular complexity index is 1010. The third kappa shape index (κ3) is 3.97. The van der Waals surface area contributed by atoms with Gasteiger partial charge >= 0.3 is 0 Å². The van der Waals surface area contributed by atoms with Crippen LogP contribution in [0.1, 0.15) is 28.9 Å². The van der Waals surface area contributed by atoms with E-state index in [-0.39, 0.29) is 12.3 Å². The lowest BCUT2D eigenvalue weighted by Crippen LogP contribution is -2.25. The predicted molar refractivity (Wildman–Crippen MR) is 111 cm³/mol. The summed E-state index contributed by atoms with van der Waals surface area (Å²) in [7, 11) is 3.20. The molecule has 0 radical (unpaired) electrons. The number of ether oxygens (including phenoxy) is 2. The molecule has 0 spiro atoms. The fourth-order valence-electron chi connectivity index (χ4n) is 3.85. The van der Waals surface area contributed by atoms with Crippen molar-refractivity contribution >= 4 is 5.91 Å². The number of rotatable bonds is 7. The number of hydrogen-bond acceptors (Lipinski definition) is 4. The minimum atomic E-state index is -0.0607. The second-order valence-electron chi connectivity index (χ2n) is 7.10. The average molecular weight is 391 g/mol. The maximum absolute atomic E-state index is 12.6. The molecule has 1 aromatic heterocycles. The lowest BCUT2D eigenvalue weighted by molar-refractivity contribution is -0.120. The molecule has 6 nitrogen and oxygen atoms in total. The molecule has 29 heavy (non-hydrogen) atoms. The van der Waals surface area contributed by atoms with Crippen LogP contribution in [0.15, 0.2) is 48.5 Å². The third-order valence-corrected chi connectivity index (χ3v) is 5.31. The van der Waals surface area contributed by atoms with Crippen LogP contribution in [-0.4, -0.2) is 29.9 Å². The Hall–Kier alpha value is -3.28. The summed E-state index contributed by atoms with van der Waals surface area (Å²) >= 11 is 0. The van der Waals surface area contributed by atoms with Gasteiger partial charge in [-0.3, -0.25) is 4.79 Å². The standard InChI is InChI=1S/C23H25N3O3/c1-28-18-12-11-16(22(14-18)29-2)13-23(27)24-15-20-19-9-6-10-21(19)26(25-20)17-7-4-3-5-8-17/h3-5,7-8,11-12,14H,6,9-10,13,15H2,1-2H3,(H,24,27). The summed E-state index contributed by atoms with van der Waals surface area (Å²) in [6, 6.07) is 15.6. The van der Waals surface area contributed by atoms with Gasteiger partial charge in [0.25, 0.3) is 0 Å². The maximum Gasteiger partial charge on any atom is 0.224 e. The molecule has 1 amide bonds. The van der Waals surface area contributed by atoms with Crippen molar-refractivity contribution in [3.05, 3.63) is 71.0 Å². The molecule has 6 heteroatoms. The van der Waals surface area contributed by atoms with Crippen LogP contribution in [0.25, 0.3) is 5.69 Å². The van der Waals surface area contributed by atoms with Crippen molar-refractivity contribution in [1.82, 2.24) is 15.1 Å². The van der Waals surface area contributed by atoms with Crippen LogP contribution in [0.5, 0.6) is 11.5 Å². The van der Waals surface area contributed by atoms with E-state index in [1.54, 1.807) is 20.3 Å². The van der Waals surface area contributed by atoms with E-state index in [1.807, 2.05) is 35.0 Å². The second kappa shape index (κ2) is 8.39. The largest absolute Gasteiger partial charge is 0.497 e. The van der Waals surface area contributed by atoms with Crippen molar-refractivity contribution in [3.8, 4) is 17.2 Å². The molecule has 0 aliphatic heterocycles. The molecule has 150 valence electrons. The van der Waals surface area contributed by atoms with Gasteiger partial charge in [-0.05, 0) is 43.0 Å². The summed E-state index contributed by atoms with van der Waals surface area (Å²) in [4.78, 5) is 12.6. The summed E-state index contributed by atoms with van der Waals surface area (Å²) in [5.74, 6) is 1.29. The first-order chi connectivity index (χ1) is 14.2. The Morgan fingerprint density at radius 2 is 1.93 bits per heavy atom. The highest BCUT2D eigenvalue weighted by Crippen LogP contribution is 2.28. The van der Waals surface area contributed by atoms with Gasteiger partial charge in [0.15, 0.2) is 0 Å². The molecule has 2 aromatic carbocycles. The summed E-state index contributed by atoms with van der Waals surface area (Å²) in [5, 5.41) is 7.82. The van der Waals surface area contributed by atoms with E-state index >= 15 is 0 Å².